The highest BCUT2D eigenvalue weighted by Crippen LogP contribution is 2.28. The van der Waals surface area contributed by atoms with E-state index in [-0.39, 0.29) is 29.6 Å². The number of benzene rings is 2. The summed E-state index contributed by atoms with van der Waals surface area (Å²) in [5.74, 6) is -0.0989. The molecule has 1 aliphatic heterocycles. The maximum absolute atomic E-state index is 12.7. The lowest BCUT2D eigenvalue weighted by Gasteiger charge is -2.15. The van der Waals surface area contributed by atoms with E-state index in [9.17, 15) is 18.0 Å². The monoisotopic (exact) mass is 402 g/mol. The maximum atomic E-state index is 12.7. The van der Waals surface area contributed by atoms with E-state index < -0.39 is 10.0 Å². The van der Waals surface area contributed by atoms with Crippen molar-refractivity contribution in [1.82, 2.24) is 0 Å². The largest absolute Gasteiger partial charge is 0.491 e. The molecule has 0 aliphatic carbocycles. The second-order valence-corrected chi connectivity index (χ2v) is 8.10. The average Bonchev–Trinajstić information content (AvgIpc) is 3.01. The number of nitrogens with one attached hydrogen (secondary N) is 1. The smallest absolute Gasteiger partial charge is 0.262 e. The van der Waals surface area contributed by atoms with Crippen LogP contribution in [-0.2, 0) is 19.6 Å². The van der Waals surface area contributed by atoms with Gasteiger partial charge in [0.05, 0.1) is 22.9 Å². The Morgan fingerprint density at radius 1 is 1.00 bits per heavy atom. The summed E-state index contributed by atoms with van der Waals surface area (Å²) in [6, 6.07) is 12.5. The summed E-state index contributed by atoms with van der Waals surface area (Å²) >= 11 is 0. The third-order valence-corrected chi connectivity index (χ3v) is 5.73. The number of sulfonamides is 1. The average molecular weight is 402 g/mol. The van der Waals surface area contributed by atoms with Gasteiger partial charge in [-0.15, -0.1) is 0 Å². The van der Waals surface area contributed by atoms with Gasteiger partial charge in [0, 0.05) is 12.8 Å². The lowest BCUT2D eigenvalue weighted by atomic mass is 10.3. The molecular weight excluding hydrogens is 380 g/mol. The number of para-hydroxylation sites is 2. The molecule has 0 radical (unpaired) electrons. The minimum atomic E-state index is -3.85. The van der Waals surface area contributed by atoms with E-state index >= 15 is 0 Å². The number of carbonyl (C=O) groups excluding carboxylic acids is 2. The van der Waals surface area contributed by atoms with Crippen LogP contribution in [0.3, 0.4) is 0 Å². The second kappa shape index (κ2) is 8.43. The number of hydrogen-bond acceptors (Lipinski definition) is 5. The van der Waals surface area contributed by atoms with Gasteiger partial charge >= 0.3 is 0 Å². The summed E-state index contributed by atoms with van der Waals surface area (Å²) in [5.41, 5.74) is 0.724. The van der Waals surface area contributed by atoms with Crippen LogP contribution in [0, 0.1) is 0 Å². The van der Waals surface area contributed by atoms with Gasteiger partial charge in [-0.1, -0.05) is 25.5 Å². The van der Waals surface area contributed by atoms with Crippen LogP contribution in [0.4, 0.5) is 11.4 Å². The molecule has 148 valence electrons. The Balaban J connectivity index is 1.78. The zero-order valence-electron chi connectivity index (χ0n) is 15.6. The molecule has 0 unspecified atom stereocenters. The summed E-state index contributed by atoms with van der Waals surface area (Å²) in [7, 11) is -3.85. The lowest BCUT2D eigenvalue weighted by Crippen LogP contribution is -2.28. The molecule has 1 aliphatic rings. The molecular formula is C20H22N2O5S. The van der Waals surface area contributed by atoms with Crippen LogP contribution in [0.25, 0.3) is 0 Å². The molecule has 1 saturated heterocycles. The van der Waals surface area contributed by atoms with Crippen molar-refractivity contribution in [3.05, 3.63) is 48.5 Å². The Labute approximate surface area is 164 Å². The predicted molar refractivity (Wildman–Crippen MR) is 106 cm³/mol. The molecule has 2 aromatic rings. The number of nitrogens with zero attached hydrogens (tertiary/aromatic N) is 1. The predicted octanol–water partition coefficient (Wildman–Crippen LogP) is 3.32. The van der Waals surface area contributed by atoms with E-state index in [4.69, 9.17) is 4.74 Å². The minimum absolute atomic E-state index is 0.0266. The fourth-order valence-electron chi connectivity index (χ4n) is 2.85. The molecule has 0 bridgehead atoms. The van der Waals surface area contributed by atoms with Crippen molar-refractivity contribution in [2.45, 2.75) is 37.5 Å². The van der Waals surface area contributed by atoms with Gasteiger partial charge < -0.3 is 4.74 Å². The number of hydrogen-bond donors (Lipinski definition) is 1. The SMILES string of the molecule is CCCCOc1ccccc1NS(=O)(=O)c1ccc(N2C(=O)CCC2=O)cc1. The van der Waals surface area contributed by atoms with Crippen LogP contribution in [0.1, 0.15) is 32.6 Å². The Hall–Kier alpha value is -2.87. The van der Waals surface area contributed by atoms with Gasteiger partial charge in [0.2, 0.25) is 11.8 Å². The first-order valence-electron chi connectivity index (χ1n) is 9.13. The molecule has 0 aromatic heterocycles. The van der Waals surface area contributed by atoms with E-state index in [0.717, 1.165) is 17.7 Å². The molecule has 3 rings (SSSR count). The maximum Gasteiger partial charge on any atom is 0.262 e. The number of rotatable bonds is 8. The third-order valence-electron chi connectivity index (χ3n) is 4.34. The summed E-state index contributed by atoms with van der Waals surface area (Å²) in [4.78, 5) is 24.7. The van der Waals surface area contributed by atoms with E-state index in [0.29, 0.717) is 23.7 Å². The Morgan fingerprint density at radius 2 is 1.64 bits per heavy atom. The number of carbonyl (C=O) groups is 2. The molecule has 28 heavy (non-hydrogen) atoms. The second-order valence-electron chi connectivity index (χ2n) is 6.42. The van der Waals surface area contributed by atoms with Gasteiger partial charge in [0.1, 0.15) is 5.75 Å². The summed E-state index contributed by atoms with van der Waals surface area (Å²) in [6.07, 6.45) is 2.20. The van der Waals surface area contributed by atoms with Crippen molar-refractivity contribution in [3.63, 3.8) is 0 Å². The van der Waals surface area contributed by atoms with Gasteiger partial charge in [0.25, 0.3) is 10.0 Å². The van der Waals surface area contributed by atoms with Gasteiger partial charge in [-0.3, -0.25) is 19.2 Å². The van der Waals surface area contributed by atoms with E-state index in [1.54, 1.807) is 24.3 Å². The van der Waals surface area contributed by atoms with Gasteiger partial charge in [-0.25, -0.2) is 8.42 Å². The van der Waals surface area contributed by atoms with Crippen LogP contribution in [0.2, 0.25) is 0 Å². The highest BCUT2D eigenvalue weighted by molar-refractivity contribution is 7.92. The first-order chi connectivity index (χ1) is 13.4. The highest BCUT2D eigenvalue weighted by Gasteiger charge is 2.30. The zero-order valence-corrected chi connectivity index (χ0v) is 16.4. The lowest BCUT2D eigenvalue weighted by molar-refractivity contribution is -0.121. The van der Waals surface area contributed by atoms with Crippen molar-refractivity contribution >= 4 is 33.2 Å². The molecule has 2 aromatic carbocycles. The number of unbranched alkanes of at least 4 members (excludes halogenated alkanes) is 1. The van der Waals surface area contributed by atoms with Gasteiger partial charge in [-0.05, 0) is 42.8 Å². The summed E-state index contributed by atoms with van der Waals surface area (Å²) in [6.45, 7) is 2.55. The van der Waals surface area contributed by atoms with E-state index in [2.05, 4.69) is 4.72 Å². The fourth-order valence-corrected chi connectivity index (χ4v) is 3.92. The van der Waals surface area contributed by atoms with Crippen molar-refractivity contribution in [3.8, 4) is 5.75 Å². The number of ether oxygens (including phenoxy) is 1. The topological polar surface area (TPSA) is 92.8 Å². The zero-order chi connectivity index (χ0) is 20.1. The van der Waals surface area contributed by atoms with E-state index in [1.165, 1.54) is 24.3 Å². The van der Waals surface area contributed by atoms with Crippen molar-refractivity contribution < 1.29 is 22.7 Å². The number of amides is 2. The van der Waals surface area contributed by atoms with Gasteiger partial charge in [0.15, 0.2) is 0 Å². The molecule has 7 nitrogen and oxygen atoms in total. The molecule has 1 heterocycles. The molecule has 8 heteroatoms. The van der Waals surface area contributed by atoms with Crippen molar-refractivity contribution in [2.75, 3.05) is 16.2 Å². The Kier molecular flexibility index (Phi) is 5.99. The molecule has 0 saturated carbocycles. The molecule has 1 fully saturated rings. The first-order valence-corrected chi connectivity index (χ1v) is 10.6. The van der Waals surface area contributed by atoms with Crippen molar-refractivity contribution in [2.24, 2.45) is 0 Å². The Bertz CT molecular complexity index is 954. The summed E-state index contributed by atoms with van der Waals surface area (Å²) in [5, 5.41) is 0. The molecule has 0 spiro atoms. The standard InChI is InChI=1S/C20H22N2O5S/c1-2-3-14-27-18-7-5-4-6-17(18)21-28(25,26)16-10-8-15(9-11-16)22-19(23)12-13-20(22)24/h4-11,21H,2-3,12-14H2,1H3. The van der Waals surface area contributed by atoms with Crippen LogP contribution in [-0.4, -0.2) is 26.8 Å². The summed E-state index contributed by atoms with van der Waals surface area (Å²) < 4.78 is 33.7. The molecule has 0 atom stereocenters. The number of imide groups is 1. The minimum Gasteiger partial charge on any atom is -0.491 e. The normalized spacial score (nSPS) is 14.4. The quantitative estimate of drug-likeness (QED) is 0.540. The van der Waals surface area contributed by atoms with Gasteiger partial charge in [-0.2, -0.15) is 0 Å². The van der Waals surface area contributed by atoms with E-state index in [1.807, 2.05) is 6.92 Å². The highest BCUT2D eigenvalue weighted by atomic mass is 32.2. The fraction of sp³-hybridized carbons (Fsp3) is 0.300. The third kappa shape index (κ3) is 4.33. The van der Waals surface area contributed by atoms with Crippen LogP contribution < -0.4 is 14.4 Å². The first kappa shape index (κ1) is 19.9. The Morgan fingerprint density at radius 3 is 2.29 bits per heavy atom. The van der Waals surface area contributed by atoms with Crippen LogP contribution in [0.5, 0.6) is 5.75 Å². The molecule has 1 N–H and O–H groups in total. The number of anilines is 2. The van der Waals surface area contributed by atoms with Crippen LogP contribution in [0.15, 0.2) is 53.4 Å². The van der Waals surface area contributed by atoms with Crippen LogP contribution >= 0.6 is 0 Å². The molecule has 2 amide bonds. The van der Waals surface area contributed by atoms with Crippen molar-refractivity contribution in [1.29, 1.82) is 0 Å².